The van der Waals surface area contributed by atoms with Gasteiger partial charge in [0.15, 0.2) is 0 Å². The van der Waals surface area contributed by atoms with Gasteiger partial charge in [-0.05, 0) is 138 Å². The van der Waals surface area contributed by atoms with Crippen LogP contribution in [0.1, 0.15) is 114 Å². The molecule has 3 N–H and O–H groups in total. The Bertz CT molecular complexity index is 2610. The van der Waals surface area contributed by atoms with Crippen LogP contribution in [-0.2, 0) is 25.5 Å². The number of H-pyrrole nitrogens is 1. The minimum absolute atomic E-state index is 0.0417. The van der Waals surface area contributed by atoms with Gasteiger partial charge in [-0.3, -0.25) is 14.6 Å². The molecule has 340 valence electrons. The Balaban J connectivity index is 0.868. The summed E-state index contributed by atoms with van der Waals surface area (Å²) in [5, 5.41) is 5.55. The number of ether oxygens (including phenoxy) is 2. The molecule has 2 saturated heterocycles. The monoisotopic (exact) mass is 879 g/mol. The Morgan fingerprint density at radius 1 is 0.769 bits per heavy atom. The van der Waals surface area contributed by atoms with Crippen molar-refractivity contribution in [1.82, 2.24) is 30.4 Å². The van der Waals surface area contributed by atoms with Gasteiger partial charge in [-0.25, -0.2) is 14.6 Å². The molecule has 4 fully saturated rings. The number of likely N-dealkylation sites (tertiary alicyclic amines) is 2. The van der Waals surface area contributed by atoms with Crippen molar-refractivity contribution in [3.63, 3.8) is 0 Å². The normalized spacial score (nSPS) is 25.0. The van der Waals surface area contributed by atoms with Crippen LogP contribution in [0.25, 0.3) is 38.9 Å². The zero-order valence-electron chi connectivity index (χ0n) is 38.4. The van der Waals surface area contributed by atoms with E-state index in [2.05, 4.69) is 70.2 Å². The Labute approximate surface area is 380 Å². The lowest BCUT2D eigenvalue weighted by Crippen LogP contribution is -2.57. The molecule has 4 amide bonds. The Morgan fingerprint density at radius 2 is 1.45 bits per heavy atom. The number of benzene rings is 3. The Hall–Kier alpha value is -5.98. The fourth-order valence-electron chi connectivity index (χ4n) is 12.1. The molecular formula is C52H61N7O6. The number of piperidine rings is 1. The van der Waals surface area contributed by atoms with Crippen molar-refractivity contribution in [3.05, 3.63) is 83.3 Å². The highest BCUT2D eigenvalue weighted by Crippen LogP contribution is 2.56. The molecule has 13 heteroatoms. The van der Waals surface area contributed by atoms with E-state index in [0.717, 1.165) is 72.2 Å². The van der Waals surface area contributed by atoms with Gasteiger partial charge in [0, 0.05) is 30.9 Å². The van der Waals surface area contributed by atoms with Crippen LogP contribution in [0.2, 0.25) is 0 Å². The molecule has 1 aromatic heterocycles. The first-order valence-electron chi connectivity index (χ1n) is 23.8. The number of amides is 4. The Morgan fingerprint density at radius 3 is 2.14 bits per heavy atom. The van der Waals surface area contributed by atoms with Gasteiger partial charge >= 0.3 is 12.2 Å². The highest BCUT2D eigenvalue weighted by molar-refractivity contribution is 6.04. The first kappa shape index (κ1) is 42.9. The number of allylic oxidation sites excluding steroid dienone is 1. The predicted molar refractivity (Wildman–Crippen MR) is 250 cm³/mol. The van der Waals surface area contributed by atoms with Crippen molar-refractivity contribution in [2.75, 3.05) is 20.8 Å². The van der Waals surface area contributed by atoms with Gasteiger partial charge < -0.3 is 34.9 Å². The summed E-state index contributed by atoms with van der Waals surface area (Å²) in [6.45, 7) is 8.37. The molecule has 4 heterocycles. The maximum atomic E-state index is 14.1. The Kier molecular flexibility index (Phi) is 11.3. The molecule has 2 bridgehead atoms. The fraction of sp³-hybridized carbons (Fsp3) is 0.500. The largest absolute Gasteiger partial charge is 0.453 e. The van der Waals surface area contributed by atoms with Crippen LogP contribution in [0.5, 0.6) is 0 Å². The summed E-state index contributed by atoms with van der Waals surface area (Å²) in [5.41, 5.74) is 13.1. The minimum Gasteiger partial charge on any atom is -0.453 e. The fourth-order valence-corrected chi connectivity index (χ4v) is 12.1. The predicted octanol–water partition coefficient (Wildman–Crippen LogP) is 8.94. The van der Waals surface area contributed by atoms with Crippen LogP contribution in [0.3, 0.4) is 0 Å². The van der Waals surface area contributed by atoms with E-state index >= 15 is 0 Å². The van der Waals surface area contributed by atoms with Crippen LogP contribution in [0.15, 0.2) is 65.8 Å². The first-order chi connectivity index (χ1) is 31.4. The molecule has 65 heavy (non-hydrogen) atoms. The topological polar surface area (TPSA) is 158 Å². The van der Waals surface area contributed by atoms with Crippen LogP contribution in [0.4, 0.5) is 9.59 Å². The molecule has 3 aliphatic heterocycles. The molecule has 0 radical (unpaired) electrons. The zero-order chi connectivity index (χ0) is 45.3. The van der Waals surface area contributed by atoms with Crippen LogP contribution >= 0.6 is 0 Å². The van der Waals surface area contributed by atoms with Gasteiger partial charge in [-0.2, -0.15) is 0 Å². The van der Waals surface area contributed by atoms with Gasteiger partial charge in [-0.15, -0.1) is 0 Å². The van der Waals surface area contributed by atoms with Crippen molar-refractivity contribution in [1.29, 1.82) is 0 Å². The van der Waals surface area contributed by atoms with E-state index in [1.165, 1.54) is 60.4 Å². The molecule has 8 atom stereocenters. The molecule has 5 unspecified atom stereocenters. The third-order valence-electron chi connectivity index (χ3n) is 15.6. The number of methoxy groups -OCH3 is 2. The van der Waals surface area contributed by atoms with Crippen LogP contribution < -0.4 is 10.6 Å². The number of carbonyl (C=O) groups excluding carboxylic acids is 4. The average molecular weight is 880 g/mol. The number of aromatic nitrogens is 2. The van der Waals surface area contributed by atoms with Crippen LogP contribution in [-0.4, -0.2) is 94.4 Å². The van der Waals surface area contributed by atoms with Crippen LogP contribution in [0, 0.1) is 23.7 Å². The summed E-state index contributed by atoms with van der Waals surface area (Å²) >= 11 is 0. The number of hydrogen-bond acceptors (Lipinski definition) is 8. The number of aromatic amines is 1. The molecule has 2 saturated carbocycles. The molecule has 4 aromatic rings. The van der Waals surface area contributed by atoms with Gasteiger partial charge in [0.05, 0.1) is 37.3 Å². The van der Waals surface area contributed by atoms with Crippen molar-refractivity contribution in [3.8, 4) is 22.3 Å². The number of hydrogen-bond donors (Lipinski definition) is 3. The van der Waals surface area contributed by atoms with Crippen molar-refractivity contribution in [2.45, 2.75) is 122 Å². The standard InChI is InChI=1S/C52H61N7O6/c1-27(2)45(56-51(62)64-5)49(60)58-21-7-8-43(58)48-54-40-20-15-32(24-41(40)55-48)38-19-18-36(39-23-31-14-17-37(31)44(38)39)30-11-9-29(10-12-30)34-25-42(53-26-34)47-33-13-16-35(22-33)59(47)50(61)46(28(3)4)57-52(63)65-6/h9-12,15,18-20,24,26-28,31,33,35,37,43,45-47H,7-8,13-14,16-17,21-23,25H2,1-6H3,(H,54,55)(H,56,62)(H,57,63)/t31?,33?,35?,37?,43-,45-,46?,47-/m0/s1. The molecular weight excluding hydrogens is 819 g/mol. The highest BCUT2D eigenvalue weighted by atomic mass is 16.5. The number of carbonyl (C=O) groups is 4. The van der Waals surface area contributed by atoms with Gasteiger partial charge in [0.25, 0.3) is 0 Å². The first-order valence-corrected chi connectivity index (χ1v) is 23.8. The summed E-state index contributed by atoms with van der Waals surface area (Å²) < 4.78 is 9.69. The number of nitrogens with one attached hydrogen (secondary N) is 3. The molecule has 3 aliphatic carbocycles. The number of aliphatic imine (C=N–C) groups is 1. The second-order valence-electron chi connectivity index (χ2n) is 19.9. The lowest BCUT2D eigenvalue weighted by atomic mass is 9.73. The maximum absolute atomic E-state index is 14.1. The van der Waals surface area contributed by atoms with E-state index in [4.69, 9.17) is 19.5 Å². The lowest BCUT2D eigenvalue weighted by Gasteiger charge is -2.38. The summed E-state index contributed by atoms with van der Waals surface area (Å²) in [6, 6.07) is 18.7. The summed E-state index contributed by atoms with van der Waals surface area (Å²) in [6.07, 6.45) is 9.76. The summed E-state index contributed by atoms with van der Waals surface area (Å²) in [5.74, 6) is 2.04. The van der Waals surface area contributed by atoms with Gasteiger partial charge in [0.1, 0.15) is 17.9 Å². The van der Waals surface area contributed by atoms with Crippen molar-refractivity contribution >= 4 is 46.3 Å². The smallest absolute Gasteiger partial charge is 0.407 e. The minimum atomic E-state index is -0.684. The van der Waals surface area contributed by atoms with Crippen molar-refractivity contribution in [2.24, 2.45) is 28.7 Å². The third kappa shape index (κ3) is 7.58. The van der Waals surface area contributed by atoms with E-state index in [1.54, 1.807) is 0 Å². The molecule has 6 aliphatic rings. The summed E-state index contributed by atoms with van der Waals surface area (Å²) in [4.78, 5) is 69.7. The lowest BCUT2D eigenvalue weighted by molar-refractivity contribution is -0.137. The van der Waals surface area contributed by atoms with E-state index < -0.39 is 24.3 Å². The maximum Gasteiger partial charge on any atom is 0.407 e. The average Bonchev–Trinajstić information content (AvgIpc) is 4.17. The number of imidazole rings is 1. The second kappa shape index (κ2) is 17.1. The van der Waals surface area contributed by atoms with Gasteiger partial charge in [-0.1, -0.05) is 70.2 Å². The van der Waals surface area contributed by atoms with E-state index in [-0.39, 0.29) is 41.8 Å². The highest BCUT2D eigenvalue weighted by Gasteiger charge is 2.52. The third-order valence-corrected chi connectivity index (χ3v) is 15.6. The molecule has 0 spiro atoms. The van der Waals surface area contributed by atoms with Crippen molar-refractivity contribution < 1.29 is 28.7 Å². The van der Waals surface area contributed by atoms with E-state index in [0.29, 0.717) is 30.7 Å². The molecule has 3 aromatic carbocycles. The molecule has 10 rings (SSSR count). The number of fused-ring (bicyclic) bond motifs is 6. The van der Waals surface area contributed by atoms with E-state index in [1.807, 2.05) is 43.7 Å². The quantitative estimate of drug-likeness (QED) is 0.136. The van der Waals surface area contributed by atoms with Gasteiger partial charge in [0.2, 0.25) is 11.8 Å². The van der Waals surface area contributed by atoms with E-state index in [9.17, 15) is 19.2 Å². The zero-order valence-corrected chi connectivity index (χ0v) is 38.4. The SMILES string of the molecule is COC(=O)NC(C(=O)N1C2CCC(C2)[C@H]1C1=NC=C(c2ccc(-c3ccc(-c4ccc5nc([C@@H]6CCCN6C(=O)[C@@H](NC(=O)OC)C(C)C)[nH]c5c4)c4c3CC3CCC43)cc2)C1)C(C)C. The number of rotatable bonds is 11. The molecule has 13 nitrogen and oxygen atoms in total. The summed E-state index contributed by atoms with van der Waals surface area (Å²) in [7, 11) is 2.64. The number of alkyl carbamates (subject to hydrolysis) is 2. The number of nitrogens with zero attached hydrogens (tertiary/aromatic N) is 4. The second-order valence-corrected chi connectivity index (χ2v) is 19.9.